The molecule has 0 aliphatic rings. The van der Waals surface area contributed by atoms with Gasteiger partial charge in [-0.25, -0.2) is 14.8 Å². The minimum absolute atomic E-state index is 0.0618. The van der Waals surface area contributed by atoms with Crippen LogP contribution in [0.2, 0.25) is 0 Å². The van der Waals surface area contributed by atoms with E-state index < -0.39 is 23.0 Å². The van der Waals surface area contributed by atoms with Crippen LogP contribution in [0.25, 0.3) is 16.7 Å². The molecule has 0 aliphatic heterocycles. The molecular formula is C24H22N6O4. The van der Waals surface area contributed by atoms with Crippen molar-refractivity contribution in [1.82, 2.24) is 19.5 Å². The van der Waals surface area contributed by atoms with E-state index in [0.717, 1.165) is 0 Å². The molecule has 34 heavy (non-hydrogen) atoms. The van der Waals surface area contributed by atoms with Crippen LogP contribution in [0.1, 0.15) is 31.1 Å². The fourth-order valence-electron chi connectivity index (χ4n) is 3.16. The van der Waals surface area contributed by atoms with Gasteiger partial charge in [0.15, 0.2) is 0 Å². The molecule has 0 unspecified atom stereocenters. The lowest BCUT2D eigenvalue weighted by atomic mass is 10.1. The largest absolute Gasteiger partial charge is 0.444 e. The summed E-state index contributed by atoms with van der Waals surface area (Å²) in [5, 5.41) is 5.54. The molecule has 0 atom stereocenters. The van der Waals surface area contributed by atoms with Gasteiger partial charge >= 0.3 is 6.09 Å². The van der Waals surface area contributed by atoms with Crippen LogP contribution in [0, 0.1) is 0 Å². The third-order valence-electron chi connectivity index (χ3n) is 4.60. The standard InChI is InChI=1S/C24H22N6O4/c1-24(2,3)34-23(33)29-19-7-6-16(13-27-19)30-14-18(20(31)17-5-4-10-26-21(17)30)22(32)28-15-8-11-25-12-9-15/h4-14H,1-3H3,(H,25,28,32)(H,27,29,33). The van der Waals surface area contributed by atoms with Gasteiger partial charge in [0.2, 0.25) is 5.43 Å². The average molecular weight is 458 g/mol. The van der Waals surface area contributed by atoms with E-state index in [-0.39, 0.29) is 16.8 Å². The molecule has 4 heterocycles. The Bertz CT molecular complexity index is 1410. The lowest BCUT2D eigenvalue weighted by Gasteiger charge is -2.19. The summed E-state index contributed by atoms with van der Waals surface area (Å²) in [6.45, 7) is 5.29. The van der Waals surface area contributed by atoms with Gasteiger partial charge in [-0.3, -0.25) is 24.5 Å². The monoisotopic (exact) mass is 458 g/mol. The predicted molar refractivity (Wildman–Crippen MR) is 127 cm³/mol. The molecule has 0 radical (unpaired) electrons. The molecule has 10 heteroatoms. The molecular weight excluding hydrogens is 436 g/mol. The van der Waals surface area contributed by atoms with Crippen LogP contribution >= 0.6 is 0 Å². The van der Waals surface area contributed by atoms with E-state index in [1.54, 1.807) is 67.9 Å². The van der Waals surface area contributed by atoms with Gasteiger partial charge in [0.25, 0.3) is 5.91 Å². The second-order valence-electron chi connectivity index (χ2n) is 8.34. The smallest absolute Gasteiger partial charge is 0.413 e. The zero-order valence-electron chi connectivity index (χ0n) is 18.8. The third kappa shape index (κ3) is 5.07. The Morgan fingerprint density at radius 3 is 2.41 bits per heavy atom. The van der Waals surface area contributed by atoms with E-state index >= 15 is 0 Å². The van der Waals surface area contributed by atoms with Crippen LogP contribution in [-0.4, -0.2) is 37.1 Å². The van der Waals surface area contributed by atoms with Crippen LogP contribution in [-0.2, 0) is 4.74 Å². The van der Waals surface area contributed by atoms with Crippen LogP contribution in [0.4, 0.5) is 16.3 Å². The highest BCUT2D eigenvalue weighted by Crippen LogP contribution is 2.18. The van der Waals surface area contributed by atoms with Crippen LogP contribution in [0.15, 0.2) is 72.2 Å². The number of carbonyl (C=O) groups excluding carboxylic acids is 2. The molecule has 0 aliphatic carbocycles. The van der Waals surface area contributed by atoms with Gasteiger partial charge in [0, 0.05) is 30.5 Å². The maximum absolute atomic E-state index is 13.0. The molecule has 4 aromatic rings. The summed E-state index contributed by atoms with van der Waals surface area (Å²) in [5.41, 5.74) is 0.267. The number of anilines is 2. The normalized spacial score (nSPS) is 11.1. The summed E-state index contributed by atoms with van der Waals surface area (Å²) >= 11 is 0. The average Bonchev–Trinajstić information content (AvgIpc) is 2.79. The van der Waals surface area contributed by atoms with Gasteiger partial charge in [0.05, 0.1) is 17.3 Å². The van der Waals surface area contributed by atoms with Crippen molar-refractivity contribution in [3.63, 3.8) is 0 Å². The molecule has 0 saturated carbocycles. The Morgan fingerprint density at radius 2 is 1.74 bits per heavy atom. The molecule has 2 amide bonds. The summed E-state index contributed by atoms with van der Waals surface area (Å²) in [7, 11) is 0. The van der Waals surface area contributed by atoms with Crippen molar-refractivity contribution in [2.24, 2.45) is 0 Å². The fourth-order valence-corrected chi connectivity index (χ4v) is 3.16. The van der Waals surface area contributed by atoms with E-state index in [2.05, 4.69) is 25.6 Å². The Balaban J connectivity index is 1.69. The van der Waals surface area contributed by atoms with Crippen molar-refractivity contribution in [1.29, 1.82) is 0 Å². The first-order chi connectivity index (χ1) is 16.2. The first kappa shape index (κ1) is 22.6. The minimum atomic E-state index is -0.641. The maximum Gasteiger partial charge on any atom is 0.413 e. The Hall–Kier alpha value is -4.60. The second-order valence-corrected chi connectivity index (χ2v) is 8.34. The van der Waals surface area contributed by atoms with Crippen LogP contribution in [0.5, 0.6) is 0 Å². The summed E-state index contributed by atoms with van der Waals surface area (Å²) in [6.07, 6.45) is 6.93. The second kappa shape index (κ2) is 9.10. The van der Waals surface area contributed by atoms with E-state index in [1.807, 2.05) is 0 Å². The summed E-state index contributed by atoms with van der Waals surface area (Å²) in [5.74, 6) is -0.279. The summed E-state index contributed by atoms with van der Waals surface area (Å²) in [6, 6.07) is 9.76. The molecule has 4 aromatic heterocycles. The topological polar surface area (TPSA) is 128 Å². The first-order valence-corrected chi connectivity index (χ1v) is 10.4. The molecule has 0 spiro atoms. The molecule has 0 aromatic carbocycles. The number of nitrogens with zero attached hydrogens (tertiary/aromatic N) is 4. The number of nitrogens with one attached hydrogen (secondary N) is 2. The fraction of sp³-hybridized carbons (Fsp3) is 0.167. The highest BCUT2D eigenvalue weighted by atomic mass is 16.6. The van der Waals surface area contributed by atoms with Crippen LogP contribution in [0.3, 0.4) is 0 Å². The number of amides is 2. The van der Waals surface area contributed by atoms with E-state index in [9.17, 15) is 14.4 Å². The van der Waals surface area contributed by atoms with Gasteiger partial charge in [-0.2, -0.15) is 0 Å². The molecule has 0 saturated heterocycles. The van der Waals surface area contributed by atoms with E-state index in [4.69, 9.17) is 4.74 Å². The van der Waals surface area contributed by atoms with Crippen molar-refractivity contribution in [3.8, 4) is 5.69 Å². The number of carbonyl (C=O) groups is 2. The molecule has 10 nitrogen and oxygen atoms in total. The van der Waals surface area contributed by atoms with Gasteiger partial charge < -0.3 is 10.1 Å². The number of hydrogen-bond donors (Lipinski definition) is 2. The van der Waals surface area contributed by atoms with E-state index in [0.29, 0.717) is 17.0 Å². The Kier molecular flexibility index (Phi) is 6.05. The zero-order valence-corrected chi connectivity index (χ0v) is 18.8. The first-order valence-electron chi connectivity index (χ1n) is 10.4. The van der Waals surface area contributed by atoms with Crippen molar-refractivity contribution in [3.05, 3.63) is 83.2 Å². The molecule has 2 N–H and O–H groups in total. The predicted octanol–water partition coefficient (Wildman–Crippen LogP) is 3.78. The van der Waals surface area contributed by atoms with E-state index in [1.165, 1.54) is 24.8 Å². The Labute approximate surface area is 194 Å². The van der Waals surface area contributed by atoms with Gasteiger partial charge in [-0.15, -0.1) is 0 Å². The number of fused-ring (bicyclic) bond motifs is 1. The molecule has 0 bridgehead atoms. The Morgan fingerprint density at radius 1 is 0.971 bits per heavy atom. The zero-order chi connectivity index (χ0) is 24.3. The highest BCUT2D eigenvalue weighted by molar-refractivity contribution is 6.05. The molecule has 4 rings (SSSR count). The SMILES string of the molecule is CC(C)(C)OC(=O)Nc1ccc(-n2cc(C(=O)Nc3ccncc3)c(=O)c3cccnc32)cn1. The van der Waals surface area contributed by atoms with Gasteiger partial charge in [0.1, 0.15) is 22.6 Å². The van der Waals surface area contributed by atoms with Gasteiger partial charge in [-0.05, 0) is 57.2 Å². The minimum Gasteiger partial charge on any atom is -0.444 e. The van der Waals surface area contributed by atoms with Crippen LogP contribution < -0.4 is 16.1 Å². The number of ether oxygens (including phenoxy) is 1. The number of hydrogen-bond acceptors (Lipinski definition) is 7. The lowest BCUT2D eigenvalue weighted by molar-refractivity contribution is 0.0635. The number of rotatable bonds is 4. The van der Waals surface area contributed by atoms with Gasteiger partial charge in [-0.1, -0.05) is 0 Å². The number of aromatic nitrogens is 4. The highest BCUT2D eigenvalue weighted by Gasteiger charge is 2.18. The third-order valence-corrected chi connectivity index (χ3v) is 4.60. The quantitative estimate of drug-likeness (QED) is 0.476. The van der Waals surface area contributed by atoms with Crippen molar-refractivity contribution in [2.45, 2.75) is 26.4 Å². The van der Waals surface area contributed by atoms with Crippen molar-refractivity contribution < 1.29 is 14.3 Å². The molecule has 0 fully saturated rings. The molecule has 172 valence electrons. The summed E-state index contributed by atoms with van der Waals surface area (Å²) < 4.78 is 6.83. The lowest BCUT2D eigenvalue weighted by Crippen LogP contribution is -2.27. The van der Waals surface area contributed by atoms with Crippen molar-refractivity contribution >= 4 is 34.5 Å². The maximum atomic E-state index is 13.0. The number of pyridine rings is 4. The van der Waals surface area contributed by atoms with Crippen molar-refractivity contribution in [2.75, 3.05) is 10.6 Å². The summed E-state index contributed by atoms with van der Waals surface area (Å²) in [4.78, 5) is 50.4.